The Bertz CT molecular complexity index is 417. The first-order valence-electron chi connectivity index (χ1n) is 6.86. The molecule has 0 aliphatic carbocycles. The number of pyridine rings is 1. The van der Waals surface area contributed by atoms with Crippen LogP contribution < -0.4 is 5.32 Å². The van der Waals surface area contributed by atoms with Crippen LogP contribution in [0.2, 0.25) is 0 Å². The maximum Gasteiger partial charge on any atom is 0.317 e. The van der Waals surface area contributed by atoms with Gasteiger partial charge in [-0.3, -0.25) is 4.98 Å². The quantitative estimate of drug-likeness (QED) is 0.848. The minimum absolute atomic E-state index is 0.0129. The number of nitrogens with zero attached hydrogens (tertiary/aromatic N) is 2. The zero-order chi connectivity index (χ0) is 15.2. The molecule has 4 nitrogen and oxygen atoms in total. The lowest BCUT2D eigenvalue weighted by Gasteiger charge is -2.25. The second-order valence-corrected chi connectivity index (χ2v) is 7.69. The summed E-state index contributed by atoms with van der Waals surface area (Å²) in [6, 6.07) is 3.84. The first-order valence-corrected chi connectivity index (χ1v) is 7.84. The summed E-state index contributed by atoms with van der Waals surface area (Å²) in [5.74, 6) is 0.921. The second-order valence-electron chi connectivity index (χ2n) is 5.77. The molecule has 1 heterocycles. The molecule has 1 aromatic rings. The van der Waals surface area contributed by atoms with E-state index in [2.05, 4.69) is 31.1 Å². The second kappa shape index (κ2) is 7.53. The van der Waals surface area contributed by atoms with E-state index in [1.165, 1.54) is 0 Å². The third-order valence-electron chi connectivity index (χ3n) is 2.98. The highest BCUT2D eigenvalue weighted by Gasteiger charge is 2.17. The number of aromatic nitrogens is 1. The first-order chi connectivity index (χ1) is 9.31. The van der Waals surface area contributed by atoms with Gasteiger partial charge in [0.25, 0.3) is 0 Å². The monoisotopic (exact) mass is 295 g/mol. The van der Waals surface area contributed by atoms with Gasteiger partial charge in [-0.15, -0.1) is 0 Å². The van der Waals surface area contributed by atoms with E-state index in [4.69, 9.17) is 0 Å². The van der Waals surface area contributed by atoms with Crippen molar-refractivity contribution in [2.75, 3.05) is 19.3 Å². The van der Waals surface area contributed by atoms with Crippen LogP contribution >= 0.6 is 11.8 Å². The molecule has 5 heteroatoms. The normalized spacial score (nSPS) is 12.8. The number of urea groups is 1. The van der Waals surface area contributed by atoms with Gasteiger partial charge < -0.3 is 10.2 Å². The van der Waals surface area contributed by atoms with Gasteiger partial charge in [-0.1, -0.05) is 26.8 Å². The van der Waals surface area contributed by atoms with Crippen molar-refractivity contribution in [3.05, 3.63) is 30.1 Å². The molecule has 0 unspecified atom stereocenters. The van der Waals surface area contributed by atoms with Crippen molar-refractivity contribution >= 4 is 17.8 Å². The molecule has 1 atom stereocenters. The van der Waals surface area contributed by atoms with Crippen LogP contribution in [0.15, 0.2) is 24.5 Å². The zero-order valence-corrected chi connectivity index (χ0v) is 13.8. The Morgan fingerprint density at radius 3 is 2.75 bits per heavy atom. The third-order valence-corrected chi connectivity index (χ3v) is 4.26. The lowest BCUT2D eigenvalue weighted by Crippen LogP contribution is -2.39. The van der Waals surface area contributed by atoms with Crippen LogP contribution in [0.5, 0.6) is 0 Å². The van der Waals surface area contributed by atoms with Gasteiger partial charge in [0.05, 0.1) is 6.04 Å². The van der Waals surface area contributed by atoms with Crippen molar-refractivity contribution < 1.29 is 4.79 Å². The average molecular weight is 295 g/mol. The molecular formula is C15H25N3OS. The van der Waals surface area contributed by atoms with Gasteiger partial charge >= 0.3 is 6.03 Å². The van der Waals surface area contributed by atoms with Gasteiger partial charge in [0.1, 0.15) is 0 Å². The van der Waals surface area contributed by atoms with E-state index in [-0.39, 0.29) is 16.8 Å². The van der Waals surface area contributed by atoms with E-state index in [1.54, 1.807) is 17.3 Å². The standard InChI is InChI=1S/C15H25N3OS/c1-12(13-7-6-8-16-11-13)18(5)14(19)17-9-10-20-15(2,3)4/h6-8,11-12H,9-10H2,1-5H3,(H,17,19)/t12-/m0/s1. The number of hydrogen-bond acceptors (Lipinski definition) is 3. The third kappa shape index (κ3) is 5.82. The molecule has 1 N–H and O–H groups in total. The summed E-state index contributed by atoms with van der Waals surface area (Å²) >= 11 is 1.85. The van der Waals surface area contributed by atoms with Gasteiger partial charge in [0.15, 0.2) is 0 Å². The Morgan fingerprint density at radius 1 is 1.50 bits per heavy atom. The van der Waals surface area contributed by atoms with E-state index >= 15 is 0 Å². The molecule has 0 saturated carbocycles. The van der Waals surface area contributed by atoms with Crippen LogP contribution in [0.1, 0.15) is 39.3 Å². The summed E-state index contributed by atoms with van der Waals surface area (Å²) < 4.78 is 0.236. The highest BCUT2D eigenvalue weighted by atomic mass is 32.2. The van der Waals surface area contributed by atoms with Gasteiger partial charge in [-0.05, 0) is 18.6 Å². The summed E-state index contributed by atoms with van der Waals surface area (Å²) in [4.78, 5) is 17.9. The summed E-state index contributed by atoms with van der Waals surface area (Å²) in [5, 5.41) is 2.95. The molecule has 0 spiro atoms. The fourth-order valence-corrected chi connectivity index (χ4v) is 2.48. The van der Waals surface area contributed by atoms with E-state index < -0.39 is 0 Å². The smallest absolute Gasteiger partial charge is 0.317 e. The molecule has 20 heavy (non-hydrogen) atoms. The van der Waals surface area contributed by atoms with Crippen LogP contribution in [-0.2, 0) is 0 Å². The molecule has 0 bridgehead atoms. The fourth-order valence-electron chi connectivity index (χ4n) is 1.66. The molecule has 0 saturated heterocycles. The Kier molecular flexibility index (Phi) is 6.33. The Hall–Kier alpha value is -1.23. The summed E-state index contributed by atoms with van der Waals surface area (Å²) in [6.07, 6.45) is 3.53. The van der Waals surface area contributed by atoms with Crippen LogP contribution in [-0.4, -0.2) is 40.0 Å². The molecular weight excluding hydrogens is 270 g/mol. The molecule has 1 aromatic heterocycles. The van der Waals surface area contributed by atoms with Crippen molar-refractivity contribution in [3.8, 4) is 0 Å². The van der Waals surface area contributed by atoms with E-state index in [9.17, 15) is 4.79 Å². The lowest BCUT2D eigenvalue weighted by molar-refractivity contribution is 0.195. The SMILES string of the molecule is C[C@@H](c1cccnc1)N(C)C(=O)NCCSC(C)(C)C. The molecule has 0 aliphatic rings. The minimum Gasteiger partial charge on any atom is -0.337 e. The predicted molar refractivity (Wildman–Crippen MR) is 86.0 cm³/mol. The number of carbonyl (C=O) groups excluding carboxylic acids is 1. The summed E-state index contributed by atoms with van der Waals surface area (Å²) in [6.45, 7) is 9.22. The molecule has 1 rings (SSSR count). The largest absolute Gasteiger partial charge is 0.337 e. The Balaban J connectivity index is 2.39. The molecule has 0 fully saturated rings. The summed E-state index contributed by atoms with van der Waals surface area (Å²) in [7, 11) is 1.81. The number of rotatable bonds is 5. The maximum atomic E-state index is 12.1. The average Bonchev–Trinajstić information content (AvgIpc) is 2.41. The van der Waals surface area contributed by atoms with Crippen molar-refractivity contribution in [2.45, 2.75) is 38.5 Å². The maximum absolute atomic E-state index is 12.1. The number of nitrogens with one attached hydrogen (secondary N) is 1. The van der Waals surface area contributed by atoms with E-state index in [0.29, 0.717) is 6.54 Å². The number of carbonyl (C=O) groups is 1. The van der Waals surface area contributed by atoms with Crippen molar-refractivity contribution in [1.82, 2.24) is 15.2 Å². The molecule has 0 aliphatic heterocycles. The van der Waals surface area contributed by atoms with Crippen LogP contribution in [0.4, 0.5) is 4.79 Å². The molecule has 0 radical (unpaired) electrons. The molecule has 2 amide bonds. The van der Waals surface area contributed by atoms with Crippen molar-refractivity contribution in [1.29, 1.82) is 0 Å². The van der Waals surface area contributed by atoms with E-state index in [0.717, 1.165) is 11.3 Å². The molecule has 112 valence electrons. The van der Waals surface area contributed by atoms with Gasteiger partial charge in [-0.2, -0.15) is 11.8 Å². The van der Waals surface area contributed by atoms with Crippen molar-refractivity contribution in [2.24, 2.45) is 0 Å². The van der Waals surface area contributed by atoms with Crippen molar-refractivity contribution in [3.63, 3.8) is 0 Å². The number of hydrogen-bond donors (Lipinski definition) is 1. The topological polar surface area (TPSA) is 45.2 Å². The number of thioether (sulfide) groups is 1. The molecule has 0 aromatic carbocycles. The number of amides is 2. The van der Waals surface area contributed by atoms with Gasteiger partial charge in [0.2, 0.25) is 0 Å². The lowest BCUT2D eigenvalue weighted by atomic mass is 10.1. The first kappa shape index (κ1) is 16.8. The summed E-state index contributed by atoms with van der Waals surface area (Å²) in [5.41, 5.74) is 1.04. The Morgan fingerprint density at radius 2 is 2.20 bits per heavy atom. The van der Waals surface area contributed by atoms with Crippen LogP contribution in [0.25, 0.3) is 0 Å². The highest BCUT2D eigenvalue weighted by Crippen LogP contribution is 2.22. The van der Waals surface area contributed by atoms with Crippen LogP contribution in [0.3, 0.4) is 0 Å². The van der Waals surface area contributed by atoms with E-state index in [1.807, 2.05) is 37.9 Å². The zero-order valence-electron chi connectivity index (χ0n) is 13.0. The predicted octanol–water partition coefficient (Wildman–Crippen LogP) is 3.32. The fraction of sp³-hybridized carbons (Fsp3) is 0.600. The minimum atomic E-state index is -0.0455. The highest BCUT2D eigenvalue weighted by molar-refractivity contribution is 8.00. The van der Waals surface area contributed by atoms with Gasteiger partial charge in [0, 0.05) is 36.5 Å². The van der Waals surface area contributed by atoms with Crippen LogP contribution in [0, 0.1) is 0 Å². The van der Waals surface area contributed by atoms with Gasteiger partial charge in [-0.25, -0.2) is 4.79 Å². The Labute approximate surface area is 126 Å².